The third-order valence-electron chi connectivity index (χ3n) is 3.07. The molecule has 0 aromatic heterocycles. The molecule has 0 radical (unpaired) electrons. The average Bonchev–Trinajstić information content (AvgIpc) is 2.36. The maximum absolute atomic E-state index is 5.64. The highest BCUT2D eigenvalue weighted by Crippen LogP contribution is 2.26. The van der Waals surface area contributed by atoms with E-state index >= 15 is 0 Å². The van der Waals surface area contributed by atoms with Crippen LogP contribution in [0, 0.1) is 6.92 Å². The third-order valence-corrected chi connectivity index (χ3v) is 3.07. The highest BCUT2D eigenvalue weighted by Gasteiger charge is 2.21. The first-order chi connectivity index (χ1) is 8.17. The Morgan fingerprint density at radius 2 is 2.06 bits per heavy atom. The van der Waals surface area contributed by atoms with Gasteiger partial charge in [-0.3, -0.25) is 11.3 Å². The summed E-state index contributed by atoms with van der Waals surface area (Å²) in [6.07, 6.45) is 0.962. The first-order valence-electron chi connectivity index (χ1n) is 5.81. The van der Waals surface area contributed by atoms with Crippen LogP contribution in [0.2, 0.25) is 0 Å². The van der Waals surface area contributed by atoms with Gasteiger partial charge in [-0.1, -0.05) is 13.0 Å². The zero-order chi connectivity index (χ0) is 12.8. The van der Waals surface area contributed by atoms with Crippen molar-refractivity contribution >= 4 is 0 Å². The number of aryl methyl sites for hydroxylation is 1. The Hall–Kier alpha value is -1.10. The number of rotatable bonds is 6. The molecule has 0 aliphatic rings. The van der Waals surface area contributed by atoms with E-state index in [1.807, 2.05) is 25.1 Å². The van der Waals surface area contributed by atoms with Crippen molar-refractivity contribution in [2.75, 3.05) is 14.2 Å². The quantitative estimate of drug-likeness (QED) is 0.587. The van der Waals surface area contributed by atoms with Gasteiger partial charge in [-0.05, 0) is 36.6 Å². The van der Waals surface area contributed by atoms with E-state index < -0.39 is 0 Å². The number of hydrogen-bond acceptors (Lipinski definition) is 4. The van der Waals surface area contributed by atoms with Gasteiger partial charge in [0.2, 0.25) is 0 Å². The third kappa shape index (κ3) is 3.19. The second-order valence-corrected chi connectivity index (χ2v) is 4.05. The summed E-state index contributed by atoms with van der Waals surface area (Å²) in [5.74, 6) is 6.49. The van der Waals surface area contributed by atoms with E-state index in [9.17, 15) is 0 Å². The van der Waals surface area contributed by atoms with Crippen molar-refractivity contribution in [3.8, 4) is 5.75 Å². The molecule has 3 N–H and O–H groups in total. The lowest BCUT2D eigenvalue weighted by molar-refractivity contribution is 0.0649. The summed E-state index contributed by atoms with van der Waals surface area (Å²) >= 11 is 0. The highest BCUT2D eigenvalue weighted by molar-refractivity contribution is 5.37. The minimum atomic E-state index is -0.00379. The largest absolute Gasteiger partial charge is 0.497 e. The molecule has 2 unspecified atom stereocenters. The Balaban J connectivity index is 3.03. The number of hydrogen-bond donors (Lipinski definition) is 2. The topological polar surface area (TPSA) is 56.5 Å². The SMILES string of the molecule is CCC(OC)C(NN)c1ccc(OC)cc1C. The Morgan fingerprint density at radius 1 is 1.35 bits per heavy atom. The van der Waals surface area contributed by atoms with Crippen molar-refractivity contribution in [2.45, 2.75) is 32.4 Å². The summed E-state index contributed by atoms with van der Waals surface area (Å²) in [5, 5.41) is 0. The van der Waals surface area contributed by atoms with E-state index in [4.69, 9.17) is 15.3 Å². The zero-order valence-electron chi connectivity index (χ0n) is 11.0. The van der Waals surface area contributed by atoms with Gasteiger partial charge < -0.3 is 9.47 Å². The summed E-state index contributed by atoms with van der Waals surface area (Å²) in [7, 11) is 3.37. The number of methoxy groups -OCH3 is 2. The van der Waals surface area contributed by atoms with Crippen molar-refractivity contribution in [2.24, 2.45) is 5.84 Å². The molecule has 0 spiro atoms. The zero-order valence-corrected chi connectivity index (χ0v) is 11.0. The Morgan fingerprint density at radius 3 is 2.47 bits per heavy atom. The van der Waals surface area contributed by atoms with E-state index in [0.29, 0.717) is 0 Å². The van der Waals surface area contributed by atoms with Crippen LogP contribution in [-0.4, -0.2) is 20.3 Å². The molecule has 0 heterocycles. The first-order valence-corrected chi connectivity index (χ1v) is 5.81. The van der Waals surface area contributed by atoms with E-state index in [0.717, 1.165) is 23.3 Å². The molecule has 1 aromatic rings. The molecule has 2 atom stereocenters. The van der Waals surface area contributed by atoms with Crippen molar-refractivity contribution in [1.29, 1.82) is 0 Å². The van der Waals surface area contributed by atoms with Crippen LogP contribution in [0.1, 0.15) is 30.5 Å². The van der Waals surface area contributed by atoms with Crippen LogP contribution in [0.15, 0.2) is 18.2 Å². The second kappa shape index (κ2) is 6.59. The molecule has 1 rings (SSSR count). The smallest absolute Gasteiger partial charge is 0.119 e. The second-order valence-electron chi connectivity index (χ2n) is 4.05. The molecule has 96 valence electrons. The summed E-state index contributed by atoms with van der Waals surface area (Å²) in [6, 6.07) is 5.97. The maximum Gasteiger partial charge on any atom is 0.119 e. The predicted octanol–water partition coefficient (Wildman–Crippen LogP) is 1.93. The van der Waals surface area contributed by atoms with Gasteiger partial charge in [-0.15, -0.1) is 0 Å². The summed E-state index contributed by atoms with van der Waals surface area (Å²) in [6.45, 7) is 4.13. The van der Waals surface area contributed by atoms with Crippen LogP contribution in [0.4, 0.5) is 0 Å². The summed E-state index contributed by atoms with van der Waals surface area (Å²) in [5.41, 5.74) is 5.11. The molecule has 0 saturated carbocycles. The van der Waals surface area contributed by atoms with Crippen LogP contribution in [0.3, 0.4) is 0 Å². The molecule has 0 aliphatic carbocycles. The van der Waals surface area contributed by atoms with Crippen LogP contribution in [0.25, 0.3) is 0 Å². The number of nitrogens with one attached hydrogen (secondary N) is 1. The molecular weight excluding hydrogens is 216 g/mol. The first kappa shape index (κ1) is 14.0. The van der Waals surface area contributed by atoms with Crippen molar-refractivity contribution < 1.29 is 9.47 Å². The number of benzene rings is 1. The Bertz CT molecular complexity index is 351. The van der Waals surface area contributed by atoms with Gasteiger partial charge in [-0.2, -0.15) is 0 Å². The van der Waals surface area contributed by atoms with Gasteiger partial charge >= 0.3 is 0 Å². The van der Waals surface area contributed by atoms with Crippen molar-refractivity contribution in [1.82, 2.24) is 5.43 Å². The molecule has 0 aliphatic heterocycles. The monoisotopic (exact) mass is 238 g/mol. The minimum Gasteiger partial charge on any atom is -0.497 e. The summed E-state index contributed by atoms with van der Waals surface area (Å²) in [4.78, 5) is 0. The van der Waals surface area contributed by atoms with Gasteiger partial charge in [-0.25, -0.2) is 0 Å². The normalized spacial score (nSPS) is 14.4. The molecule has 1 aromatic carbocycles. The lowest BCUT2D eigenvalue weighted by Gasteiger charge is -2.26. The summed E-state index contributed by atoms with van der Waals surface area (Å²) < 4.78 is 10.6. The van der Waals surface area contributed by atoms with Crippen molar-refractivity contribution in [3.05, 3.63) is 29.3 Å². The molecule has 17 heavy (non-hydrogen) atoms. The molecule has 0 bridgehead atoms. The fraction of sp³-hybridized carbons (Fsp3) is 0.538. The number of ether oxygens (including phenoxy) is 2. The lowest BCUT2D eigenvalue weighted by Crippen LogP contribution is -2.37. The van der Waals surface area contributed by atoms with Gasteiger partial charge in [0, 0.05) is 7.11 Å². The van der Waals surface area contributed by atoms with E-state index in [2.05, 4.69) is 12.3 Å². The van der Waals surface area contributed by atoms with Gasteiger partial charge in [0.25, 0.3) is 0 Å². The maximum atomic E-state index is 5.64. The fourth-order valence-corrected chi connectivity index (χ4v) is 2.06. The van der Waals surface area contributed by atoms with Gasteiger partial charge in [0.15, 0.2) is 0 Å². The van der Waals surface area contributed by atoms with E-state index in [-0.39, 0.29) is 12.1 Å². The van der Waals surface area contributed by atoms with E-state index in [1.54, 1.807) is 14.2 Å². The standard InChI is InChI=1S/C13H22N2O2/c1-5-12(17-4)13(15-14)11-7-6-10(16-3)8-9(11)2/h6-8,12-13,15H,5,14H2,1-4H3. The molecule has 4 heteroatoms. The molecular formula is C13H22N2O2. The highest BCUT2D eigenvalue weighted by atomic mass is 16.5. The lowest BCUT2D eigenvalue weighted by atomic mass is 9.96. The average molecular weight is 238 g/mol. The fourth-order valence-electron chi connectivity index (χ4n) is 2.06. The van der Waals surface area contributed by atoms with Crippen LogP contribution in [-0.2, 0) is 4.74 Å². The Kier molecular flexibility index (Phi) is 5.41. The molecule has 4 nitrogen and oxygen atoms in total. The van der Waals surface area contributed by atoms with Gasteiger partial charge in [0.05, 0.1) is 19.3 Å². The number of hydrazine groups is 1. The molecule has 0 amide bonds. The minimum absolute atomic E-state index is 0.00379. The molecule has 0 fully saturated rings. The van der Waals surface area contributed by atoms with Crippen LogP contribution >= 0.6 is 0 Å². The van der Waals surface area contributed by atoms with Gasteiger partial charge in [0.1, 0.15) is 5.75 Å². The number of nitrogens with two attached hydrogens (primary N) is 1. The predicted molar refractivity (Wildman–Crippen MR) is 68.9 cm³/mol. The molecule has 0 saturated heterocycles. The van der Waals surface area contributed by atoms with E-state index in [1.165, 1.54) is 0 Å². The van der Waals surface area contributed by atoms with Crippen molar-refractivity contribution in [3.63, 3.8) is 0 Å². The Labute approximate surface area is 103 Å². The van der Waals surface area contributed by atoms with Crippen LogP contribution in [0.5, 0.6) is 5.75 Å². The van der Waals surface area contributed by atoms with Crippen LogP contribution < -0.4 is 16.0 Å².